The van der Waals surface area contributed by atoms with E-state index in [0.717, 1.165) is 31.5 Å². The Labute approximate surface area is 190 Å². The molecule has 0 aromatic heterocycles. The van der Waals surface area contributed by atoms with Gasteiger partial charge in [-0.15, -0.1) is 0 Å². The zero-order valence-electron chi connectivity index (χ0n) is 18.4. The molecule has 1 saturated carbocycles. The number of sulfone groups is 2. The van der Waals surface area contributed by atoms with Crippen LogP contribution in [0.25, 0.3) is 0 Å². The Bertz CT molecular complexity index is 1020. The lowest BCUT2D eigenvalue weighted by Crippen LogP contribution is -2.45. The lowest BCUT2D eigenvalue weighted by Gasteiger charge is -2.27. The molecule has 3 fully saturated rings. The van der Waals surface area contributed by atoms with Crippen molar-refractivity contribution in [1.82, 2.24) is 16.0 Å². The van der Waals surface area contributed by atoms with E-state index < -0.39 is 30.2 Å². The van der Waals surface area contributed by atoms with E-state index >= 15 is 0 Å². The number of amides is 1. The Balaban J connectivity index is 1.30. The summed E-state index contributed by atoms with van der Waals surface area (Å²) in [7, 11) is -6.63. The van der Waals surface area contributed by atoms with Crippen LogP contribution in [-0.2, 0) is 31.0 Å². The smallest absolute Gasteiger partial charge is 0.237 e. The van der Waals surface area contributed by atoms with Gasteiger partial charge in [-0.3, -0.25) is 4.79 Å². The maximum Gasteiger partial charge on any atom is 0.237 e. The summed E-state index contributed by atoms with van der Waals surface area (Å²) in [5, 5.41) is 8.80. The van der Waals surface area contributed by atoms with Gasteiger partial charge in [0.25, 0.3) is 0 Å². The topological polar surface area (TPSA) is 121 Å². The largest absolute Gasteiger partial charge is 0.351 e. The zero-order valence-corrected chi connectivity index (χ0v) is 20.1. The van der Waals surface area contributed by atoms with Gasteiger partial charge in [0.1, 0.15) is 9.84 Å². The minimum Gasteiger partial charge on any atom is -0.351 e. The van der Waals surface area contributed by atoms with E-state index in [-0.39, 0.29) is 16.8 Å². The molecule has 1 aliphatic carbocycles. The average molecular weight is 484 g/mol. The van der Waals surface area contributed by atoms with E-state index in [0.29, 0.717) is 44.2 Å². The maximum absolute atomic E-state index is 13.0. The van der Waals surface area contributed by atoms with Gasteiger partial charge in [-0.05, 0) is 75.2 Å². The predicted octanol–water partition coefficient (Wildman–Crippen LogP) is 0.772. The van der Waals surface area contributed by atoms with Gasteiger partial charge < -0.3 is 16.0 Å². The molecule has 2 aliphatic heterocycles. The second-order valence-electron chi connectivity index (χ2n) is 9.45. The Morgan fingerprint density at radius 1 is 1.00 bits per heavy atom. The predicted molar refractivity (Wildman–Crippen MR) is 123 cm³/mol. The maximum atomic E-state index is 13.0. The highest BCUT2D eigenvalue weighted by Gasteiger charge is 2.38. The number of piperidine rings is 1. The average Bonchev–Trinajstić information content (AvgIpc) is 3.22. The Morgan fingerprint density at radius 2 is 1.66 bits per heavy atom. The van der Waals surface area contributed by atoms with E-state index in [9.17, 15) is 21.6 Å². The standard InChI is InChI=1S/C22H33N3O5S2/c1-31(27,28)17-6-8-19(9-7-17)32(29,30)18-4-2-15(3-5-18)13-24-22(26)21-12-16-14-23-11-10-20(16)25-21/h2-5,16-17,19-21,23,25H,6-14H2,1H3,(H,24,26). The molecule has 32 heavy (non-hydrogen) atoms. The van der Waals surface area contributed by atoms with Gasteiger partial charge in [0.15, 0.2) is 9.84 Å². The molecule has 1 amide bonds. The quantitative estimate of drug-likeness (QED) is 0.546. The van der Waals surface area contributed by atoms with Crippen LogP contribution in [0.5, 0.6) is 0 Å². The van der Waals surface area contributed by atoms with Crippen molar-refractivity contribution in [1.29, 1.82) is 0 Å². The van der Waals surface area contributed by atoms with Crippen LogP contribution in [0.2, 0.25) is 0 Å². The molecule has 10 heteroatoms. The number of hydrogen-bond acceptors (Lipinski definition) is 7. The van der Waals surface area contributed by atoms with Gasteiger partial charge in [0, 0.05) is 18.8 Å². The van der Waals surface area contributed by atoms with Gasteiger partial charge in [0.05, 0.1) is 21.4 Å². The van der Waals surface area contributed by atoms with Crippen molar-refractivity contribution in [3.05, 3.63) is 29.8 Å². The number of benzene rings is 1. The molecule has 0 spiro atoms. The zero-order chi connectivity index (χ0) is 22.9. The van der Waals surface area contributed by atoms with Crippen molar-refractivity contribution < 1.29 is 21.6 Å². The molecule has 0 radical (unpaired) electrons. The molecular weight excluding hydrogens is 450 g/mol. The van der Waals surface area contributed by atoms with Gasteiger partial charge >= 0.3 is 0 Å². The molecule has 3 unspecified atom stereocenters. The summed E-state index contributed by atoms with van der Waals surface area (Å²) in [6.45, 7) is 2.29. The number of fused-ring (bicyclic) bond motifs is 1. The highest BCUT2D eigenvalue weighted by Crippen LogP contribution is 2.31. The summed E-state index contributed by atoms with van der Waals surface area (Å²) in [4.78, 5) is 12.8. The molecule has 3 atom stereocenters. The van der Waals surface area contributed by atoms with Gasteiger partial charge in [0.2, 0.25) is 5.91 Å². The monoisotopic (exact) mass is 483 g/mol. The second-order valence-corrected chi connectivity index (χ2v) is 14.0. The first kappa shape index (κ1) is 23.7. The van der Waals surface area contributed by atoms with E-state index in [4.69, 9.17) is 0 Å². The van der Waals surface area contributed by atoms with Crippen molar-refractivity contribution in [2.24, 2.45) is 5.92 Å². The first-order chi connectivity index (χ1) is 15.1. The first-order valence-electron chi connectivity index (χ1n) is 11.4. The van der Waals surface area contributed by atoms with Crippen molar-refractivity contribution in [3.63, 3.8) is 0 Å². The number of rotatable bonds is 6. The fourth-order valence-corrected chi connectivity index (χ4v) is 8.20. The Hall–Kier alpha value is -1.49. The molecule has 1 aromatic rings. The number of carbonyl (C=O) groups excluding carboxylic acids is 1. The molecule has 178 valence electrons. The van der Waals surface area contributed by atoms with Crippen LogP contribution in [0.1, 0.15) is 44.1 Å². The molecule has 8 nitrogen and oxygen atoms in total. The van der Waals surface area contributed by atoms with Crippen molar-refractivity contribution in [3.8, 4) is 0 Å². The third kappa shape index (κ3) is 5.18. The summed E-state index contributed by atoms with van der Waals surface area (Å²) in [6.07, 6.45) is 4.60. The van der Waals surface area contributed by atoms with Crippen LogP contribution in [-0.4, -0.2) is 64.7 Å². The molecule has 0 bridgehead atoms. The molecular formula is C22H33N3O5S2. The molecule has 2 heterocycles. The van der Waals surface area contributed by atoms with E-state index in [1.807, 2.05) is 0 Å². The lowest BCUT2D eigenvalue weighted by atomic mass is 9.94. The van der Waals surface area contributed by atoms with E-state index in [2.05, 4.69) is 16.0 Å². The van der Waals surface area contributed by atoms with Crippen LogP contribution in [0, 0.1) is 5.92 Å². The van der Waals surface area contributed by atoms with Crippen LogP contribution in [0.4, 0.5) is 0 Å². The van der Waals surface area contributed by atoms with Gasteiger partial charge in [-0.1, -0.05) is 12.1 Å². The molecule has 3 aliphatic rings. The number of hydrogen-bond donors (Lipinski definition) is 3. The number of carbonyl (C=O) groups is 1. The van der Waals surface area contributed by atoms with Crippen LogP contribution in [0.15, 0.2) is 29.2 Å². The van der Waals surface area contributed by atoms with Crippen LogP contribution in [0.3, 0.4) is 0 Å². The minimum absolute atomic E-state index is 0.0151. The normalized spacial score (nSPS) is 31.1. The summed E-state index contributed by atoms with van der Waals surface area (Å²) in [5.41, 5.74) is 0.843. The van der Waals surface area contributed by atoms with Gasteiger partial charge in [-0.25, -0.2) is 16.8 Å². The molecule has 3 N–H and O–H groups in total. The van der Waals surface area contributed by atoms with Crippen molar-refractivity contribution in [2.45, 2.75) is 72.5 Å². The van der Waals surface area contributed by atoms with Crippen molar-refractivity contribution >= 4 is 25.6 Å². The first-order valence-corrected chi connectivity index (χ1v) is 14.9. The number of nitrogens with one attached hydrogen (secondary N) is 3. The fraction of sp³-hybridized carbons (Fsp3) is 0.682. The van der Waals surface area contributed by atoms with Crippen LogP contribution < -0.4 is 16.0 Å². The van der Waals surface area contributed by atoms with Gasteiger partial charge in [-0.2, -0.15) is 0 Å². The minimum atomic E-state index is -3.50. The third-order valence-corrected chi connectivity index (χ3v) is 11.2. The molecule has 2 saturated heterocycles. The summed E-state index contributed by atoms with van der Waals surface area (Å²) < 4.78 is 49.4. The van der Waals surface area contributed by atoms with Crippen molar-refractivity contribution in [2.75, 3.05) is 19.3 Å². The molecule has 4 rings (SSSR count). The Kier molecular flexibility index (Phi) is 6.95. The fourth-order valence-electron chi connectivity index (χ4n) is 5.27. The van der Waals surface area contributed by atoms with Crippen LogP contribution >= 0.6 is 0 Å². The summed E-state index contributed by atoms with van der Waals surface area (Å²) in [5.74, 6) is 0.482. The molecule has 1 aromatic carbocycles. The summed E-state index contributed by atoms with van der Waals surface area (Å²) >= 11 is 0. The second kappa shape index (κ2) is 9.40. The SMILES string of the molecule is CS(=O)(=O)C1CCC(S(=O)(=O)c2ccc(CNC(=O)C3CC4CNCCC4N3)cc2)CC1. The summed E-state index contributed by atoms with van der Waals surface area (Å²) in [6, 6.07) is 6.89. The lowest BCUT2D eigenvalue weighted by molar-refractivity contribution is -0.123. The van der Waals surface area contributed by atoms with E-state index in [1.165, 1.54) is 6.26 Å². The van der Waals surface area contributed by atoms with E-state index in [1.54, 1.807) is 24.3 Å². The third-order valence-electron chi connectivity index (χ3n) is 7.26. The Morgan fingerprint density at radius 3 is 2.28 bits per heavy atom. The highest BCUT2D eigenvalue weighted by molar-refractivity contribution is 7.92. The highest BCUT2D eigenvalue weighted by atomic mass is 32.2.